The number of halogens is 1. The van der Waals surface area contributed by atoms with Crippen molar-refractivity contribution in [2.75, 3.05) is 39.3 Å². The van der Waals surface area contributed by atoms with Gasteiger partial charge in [0.1, 0.15) is 0 Å². The van der Waals surface area contributed by atoms with Gasteiger partial charge in [-0.3, -0.25) is 14.8 Å². The minimum atomic E-state index is 0. The summed E-state index contributed by atoms with van der Waals surface area (Å²) in [4.78, 5) is 10.1. The molecular formula is C19H40IN5. The van der Waals surface area contributed by atoms with Gasteiger partial charge in [0, 0.05) is 37.8 Å². The molecule has 2 rings (SSSR count). The molecule has 0 bridgehead atoms. The van der Waals surface area contributed by atoms with E-state index in [1.165, 1.54) is 38.9 Å². The van der Waals surface area contributed by atoms with E-state index < -0.39 is 0 Å². The highest BCUT2D eigenvalue weighted by molar-refractivity contribution is 14.0. The first-order valence-electron chi connectivity index (χ1n) is 10.1. The highest BCUT2D eigenvalue weighted by Crippen LogP contribution is 2.19. The average molecular weight is 465 g/mol. The van der Waals surface area contributed by atoms with Gasteiger partial charge < -0.3 is 10.6 Å². The van der Waals surface area contributed by atoms with Gasteiger partial charge in [0.05, 0.1) is 6.54 Å². The third-order valence-electron chi connectivity index (χ3n) is 5.63. The largest absolute Gasteiger partial charge is 0.357 e. The van der Waals surface area contributed by atoms with E-state index in [0.29, 0.717) is 24.0 Å². The summed E-state index contributed by atoms with van der Waals surface area (Å²) in [6, 6.07) is 1.71. The molecule has 2 heterocycles. The molecule has 3 atom stereocenters. The fourth-order valence-electron chi connectivity index (χ4n) is 3.92. The Morgan fingerprint density at radius 2 is 1.80 bits per heavy atom. The summed E-state index contributed by atoms with van der Waals surface area (Å²) < 4.78 is 0. The second-order valence-corrected chi connectivity index (χ2v) is 7.80. The third-order valence-corrected chi connectivity index (χ3v) is 5.63. The molecule has 25 heavy (non-hydrogen) atoms. The summed E-state index contributed by atoms with van der Waals surface area (Å²) in [7, 11) is 0. The standard InChI is InChI=1S/C19H39N5.HI/c1-6-17(23-10-8-9-11-23)12-21-19(20-7-2)22-18-14-24(15(3)4)13-16(18)5;/h15-18H,6-14H2,1-5H3,(H2,20,21,22);1H. The first-order valence-corrected chi connectivity index (χ1v) is 10.1. The summed E-state index contributed by atoms with van der Waals surface area (Å²) in [6.45, 7) is 18.0. The van der Waals surface area contributed by atoms with Crippen molar-refractivity contribution in [1.29, 1.82) is 0 Å². The Morgan fingerprint density at radius 3 is 2.32 bits per heavy atom. The van der Waals surface area contributed by atoms with Crippen LogP contribution in [0.2, 0.25) is 0 Å². The minimum absolute atomic E-state index is 0. The molecule has 0 spiro atoms. The number of hydrogen-bond donors (Lipinski definition) is 2. The van der Waals surface area contributed by atoms with Crippen LogP contribution in [0.25, 0.3) is 0 Å². The van der Waals surface area contributed by atoms with Gasteiger partial charge in [-0.15, -0.1) is 24.0 Å². The van der Waals surface area contributed by atoms with Crippen LogP contribution in [0.15, 0.2) is 4.99 Å². The van der Waals surface area contributed by atoms with Crippen molar-refractivity contribution >= 4 is 29.9 Å². The Bertz CT molecular complexity index is 395. The Hall–Kier alpha value is -0.0800. The lowest BCUT2D eigenvalue weighted by Crippen LogP contribution is -2.47. The molecule has 2 N–H and O–H groups in total. The van der Waals surface area contributed by atoms with Gasteiger partial charge in [-0.2, -0.15) is 0 Å². The molecule has 3 unspecified atom stereocenters. The summed E-state index contributed by atoms with van der Waals surface area (Å²) in [5.41, 5.74) is 0. The van der Waals surface area contributed by atoms with Crippen molar-refractivity contribution in [3.63, 3.8) is 0 Å². The van der Waals surface area contributed by atoms with Gasteiger partial charge in [-0.25, -0.2) is 0 Å². The van der Waals surface area contributed by atoms with Crippen LogP contribution in [-0.4, -0.2) is 73.2 Å². The number of rotatable bonds is 7. The maximum absolute atomic E-state index is 4.93. The average Bonchev–Trinajstić information content (AvgIpc) is 3.19. The Balaban J connectivity index is 0.00000312. The van der Waals surface area contributed by atoms with Crippen molar-refractivity contribution in [2.24, 2.45) is 10.9 Å². The van der Waals surface area contributed by atoms with Gasteiger partial charge in [-0.1, -0.05) is 13.8 Å². The van der Waals surface area contributed by atoms with Crippen LogP contribution >= 0.6 is 24.0 Å². The quantitative estimate of drug-likeness (QED) is 0.345. The summed E-state index contributed by atoms with van der Waals surface area (Å²) in [5, 5.41) is 7.15. The van der Waals surface area contributed by atoms with E-state index in [-0.39, 0.29) is 24.0 Å². The monoisotopic (exact) mass is 465 g/mol. The highest BCUT2D eigenvalue weighted by Gasteiger charge is 2.31. The van der Waals surface area contributed by atoms with E-state index in [1.807, 2.05) is 0 Å². The Labute approximate surface area is 172 Å². The summed E-state index contributed by atoms with van der Waals surface area (Å²) in [5.74, 6) is 1.66. The van der Waals surface area contributed by atoms with Gasteiger partial charge in [-0.05, 0) is 59.0 Å². The number of nitrogens with zero attached hydrogens (tertiary/aromatic N) is 3. The predicted molar refractivity (Wildman–Crippen MR) is 119 cm³/mol. The zero-order valence-electron chi connectivity index (χ0n) is 16.9. The number of aliphatic imine (C=N–C) groups is 1. The second kappa shape index (κ2) is 11.6. The SMILES string of the molecule is CCNC(=NCC(CC)N1CCCC1)NC1CN(C(C)C)CC1C.I. The maximum Gasteiger partial charge on any atom is 0.191 e. The molecule has 2 saturated heterocycles. The molecule has 0 aromatic rings. The van der Waals surface area contributed by atoms with Gasteiger partial charge in [0.2, 0.25) is 0 Å². The second-order valence-electron chi connectivity index (χ2n) is 7.80. The van der Waals surface area contributed by atoms with E-state index >= 15 is 0 Å². The van der Waals surface area contributed by atoms with E-state index in [2.05, 4.69) is 55.1 Å². The molecule has 2 aliphatic rings. The molecule has 0 radical (unpaired) electrons. The fourth-order valence-corrected chi connectivity index (χ4v) is 3.92. The van der Waals surface area contributed by atoms with E-state index in [0.717, 1.165) is 25.6 Å². The molecule has 2 fully saturated rings. The van der Waals surface area contributed by atoms with Crippen LogP contribution in [0, 0.1) is 5.92 Å². The summed E-state index contributed by atoms with van der Waals surface area (Å²) >= 11 is 0. The van der Waals surface area contributed by atoms with Gasteiger partial charge >= 0.3 is 0 Å². The fraction of sp³-hybridized carbons (Fsp3) is 0.947. The van der Waals surface area contributed by atoms with Crippen molar-refractivity contribution < 1.29 is 0 Å². The van der Waals surface area contributed by atoms with Crippen LogP contribution in [0.4, 0.5) is 0 Å². The highest BCUT2D eigenvalue weighted by atomic mass is 127. The van der Waals surface area contributed by atoms with Gasteiger partial charge in [0.25, 0.3) is 0 Å². The van der Waals surface area contributed by atoms with Crippen LogP contribution in [0.3, 0.4) is 0 Å². The predicted octanol–water partition coefficient (Wildman–Crippen LogP) is 2.76. The van der Waals surface area contributed by atoms with Gasteiger partial charge in [0.15, 0.2) is 5.96 Å². The molecule has 6 heteroatoms. The topological polar surface area (TPSA) is 42.9 Å². The van der Waals surface area contributed by atoms with Crippen molar-refractivity contribution in [3.8, 4) is 0 Å². The summed E-state index contributed by atoms with van der Waals surface area (Å²) in [6.07, 6.45) is 3.89. The number of nitrogens with one attached hydrogen (secondary N) is 2. The smallest absolute Gasteiger partial charge is 0.191 e. The van der Waals surface area contributed by atoms with Crippen LogP contribution in [-0.2, 0) is 0 Å². The first kappa shape index (κ1) is 23.0. The minimum Gasteiger partial charge on any atom is -0.357 e. The van der Waals surface area contributed by atoms with Crippen LogP contribution in [0.5, 0.6) is 0 Å². The lowest BCUT2D eigenvalue weighted by molar-refractivity contribution is 0.242. The van der Waals surface area contributed by atoms with Crippen molar-refractivity contribution in [1.82, 2.24) is 20.4 Å². The van der Waals surface area contributed by atoms with Crippen LogP contribution in [0.1, 0.15) is 53.9 Å². The Kier molecular flexibility index (Phi) is 10.6. The molecule has 5 nitrogen and oxygen atoms in total. The van der Waals surface area contributed by atoms with Crippen molar-refractivity contribution in [3.05, 3.63) is 0 Å². The lowest BCUT2D eigenvalue weighted by Gasteiger charge is -2.26. The molecule has 0 amide bonds. The lowest BCUT2D eigenvalue weighted by atomic mass is 10.1. The Morgan fingerprint density at radius 1 is 1.12 bits per heavy atom. The first-order chi connectivity index (χ1) is 11.5. The molecule has 148 valence electrons. The van der Waals surface area contributed by atoms with E-state index in [4.69, 9.17) is 4.99 Å². The molecule has 0 aromatic heterocycles. The molecule has 0 aromatic carbocycles. The molecule has 0 aliphatic carbocycles. The molecule has 0 saturated carbocycles. The van der Waals surface area contributed by atoms with Crippen molar-refractivity contribution in [2.45, 2.75) is 72.0 Å². The van der Waals surface area contributed by atoms with E-state index in [1.54, 1.807) is 0 Å². The van der Waals surface area contributed by atoms with Crippen LogP contribution < -0.4 is 10.6 Å². The number of hydrogen-bond acceptors (Lipinski definition) is 3. The zero-order chi connectivity index (χ0) is 17.5. The van der Waals surface area contributed by atoms with E-state index in [9.17, 15) is 0 Å². The number of guanidine groups is 1. The number of likely N-dealkylation sites (tertiary alicyclic amines) is 2. The third kappa shape index (κ3) is 6.86. The zero-order valence-corrected chi connectivity index (χ0v) is 19.3. The maximum atomic E-state index is 4.93. The normalized spacial score (nSPS) is 26.7. The molecule has 2 aliphatic heterocycles. The molecular weight excluding hydrogens is 425 g/mol.